The van der Waals surface area contributed by atoms with Gasteiger partial charge in [0, 0.05) is 44.9 Å². The van der Waals surface area contributed by atoms with E-state index in [0.717, 1.165) is 42.9 Å². The van der Waals surface area contributed by atoms with Crippen molar-refractivity contribution >= 4 is 11.6 Å². The molecule has 6 heteroatoms. The Morgan fingerprint density at radius 1 is 1.16 bits per heavy atom. The van der Waals surface area contributed by atoms with Gasteiger partial charge in [0.05, 0.1) is 11.7 Å². The number of hydrogen-bond donors (Lipinski definition) is 0. The monoisotopic (exact) mass is 338 g/mol. The maximum absolute atomic E-state index is 13.0. The molecule has 1 amide bonds. The summed E-state index contributed by atoms with van der Waals surface area (Å²) in [7, 11) is 1.67. The summed E-state index contributed by atoms with van der Waals surface area (Å²) in [6.45, 7) is 4.08. The minimum atomic E-state index is -0.219. The highest BCUT2D eigenvalue weighted by atomic mass is 16.2. The molecule has 25 heavy (non-hydrogen) atoms. The van der Waals surface area contributed by atoms with Crippen LogP contribution in [-0.4, -0.2) is 39.7 Å². The minimum absolute atomic E-state index is 0.104. The zero-order valence-electron chi connectivity index (χ0n) is 14.6. The molecule has 1 aromatic heterocycles. The molecule has 0 saturated heterocycles. The van der Waals surface area contributed by atoms with Crippen LogP contribution in [0.4, 0.5) is 5.69 Å². The SMILES string of the molecule is C[C@H](C(=O)N1CCc2ccccc21)N1CCc2nn(C)c(=O)cc2C1. The molecule has 0 saturated carbocycles. The Labute approximate surface area is 146 Å². The van der Waals surface area contributed by atoms with Gasteiger partial charge in [0.15, 0.2) is 0 Å². The number of carbonyl (C=O) groups is 1. The summed E-state index contributed by atoms with van der Waals surface area (Å²) in [4.78, 5) is 28.9. The Kier molecular flexibility index (Phi) is 3.92. The van der Waals surface area contributed by atoms with E-state index in [9.17, 15) is 9.59 Å². The number of benzene rings is 1. The maximum atomic E-state index is 13.0. The summed E-state index contributed by atoms with van der Waals surface area (Å²) >= 11 is 0. The number of carbonyl (C=O) groups excluding carboxylic acids is 1. The molecule has 0 unspecified atom stereocenters. The Balaban J connectivity index is 1.54. The van der Waals surface area contributed by atoms with Crippen LogP contribution in [0.25, 0.3) is 0 Å². The molecule has 1 aromatic carbocycles. The van der Waals surface area contributed by atoms with E-state index < -0.39 is 0 Å². The van der Waals surface area contributed by atoms with Crippen LogP contribution in [0.3, 0.4) is 0 Å². The number of aryl methyl sites for hydroxylation is 1. The van der Waals surface area contributed by atoms with E-state index in [1.165, 1.54) is 10.2 Å². The third-order valence-electron chi connectivity index (χ3n) is 5.33. The van der Waals surface area contributed by atoms with Gasteiger partial charge in [0.2, 0.25) is 5.91 Å². The van der Waals surface area contributed by atoms with Gasteiger partial charge in [0.25, 0.3) is 5.56 Å². The fourth-order valence-electron chi connectivity index (χ4n) is 3.79. The molecule has 6 nitrogen and oxygen atoms in total. The first-order chi connectivity index (χ1) is 12.0. The molecule has 130 valence electrons. The highest BCUT2D eigenvalue weighted by Gasteiger charge is 2.32. The second-order valence-electron chi connectivity index (χ2n) is 6.84. The molecule has 0 aliphatic carbocycles. The number of amides is 1. The molecule has 3 heterocycles. The number of nitrogens with zero attached hydrogens (tertiary/aromatic N) is 4. The number of para-hydroxylation sites is 1. The third kappa shape index (κ3) is 2.76. The van der Waals surface area contributed by atoms with Gasteiger partial charge in [-0.3, -0.25) is 14.5 Å². The average Bonchev–Trinajstić information content (AvgIpc) is 3.05. The van der Waals surface area contributed by atoms with Gasteiger partial charge < -0.3 is 4.90 Å². The van der Waals surface area contributed by atoms with E-state index in [2.05, 4.69) is 16.1 Å². The van der Waals surface area contributed by atoms with Crippen LogP contribution in [0, 0.1) is 0 Å². The molecular formula is C19H22N4O2. The van der Waals surface area contributed by atoms with Crippen molar-refractivity contribution < 1.29 is 4.79 Å². The summed E-state index contributed by atoms with van der Waals surface area (Å²) < 4.78 is 1.38. The van der Waals surface area contributed by atoms with Gasteiger partial charge in [-0.2, -0.15) is 5.10 Å². The second-order valence-corrected chi connectivity index (χ2v) is 6.84. The van der Waals surface area contributed by atoms with Crippen molar-refractivity contribution in [2.75, 3.05) is 18.0 Å². The molecule has 0 bridgehead atoms. The zero-order chi connectivity index (χ0) is 17.6. The largest absolute Gasteiger partial charge is 0.310 e. The topological polar surface area (TPSA) is 58.4 Å². The van der Waals surface area contributed by atoms with Crippen molar-refractivity contribution in [3.05, 3.63) is 57.5 Å². The van der Waals surface area contributed by atoms with Crippen molar-refractivity contribution in [2.24, 2.45) is 7.05 Å². The number of anilines is 1. The van der Waals surface area contributed by atoms with Crippen LogP contribution in [0.5, 0.6) is 0 Å². The van der Waals surface area contributed by atoms with E-state index >= 15 is 0 Å². The Hall–Kier alpha value is -2.47. The lowest BCUT2D eigenvalue weighted by molar-refractivity contribution is -0.123. The normalized spacial score (nSPS) is 17.9. The summed E-state index contributed by atoms with van der Waals surface area (Å²) in [5.41, 5.74) is 4.07. The van der Waals surface area contributed by atoms with Crippen LogP contribution in [0.1, 0.15) is 23.7 Å². The van der Waals surface area contributed by atoms with E-state index in [-0.39, 0.29) is 17.5 Å². The van der Waals surface area contributed by atoms with Crippen molar-refractivity contribution in [3.63, 3.8) is 0 Å². The number of aromatic nitrogens is 2. The summed E-state index contributed by atoms with van der Waals surface area (Å²) in [5.74, 6) is 0.130. The Bertz CT molecular complexity index is 889. The standard InChI is InChI=1S/C19H22N4O2/c1-13(19(25)23-10-7-14-5-3-4-6-17(14)23)22-9-8-16-15(12-22)11-18(24)21(2)20-16/h3-6,11,13H,7-10,12H2,1-2H3/t13-/m1/s1. The molecule has 0 radical (unpaired) electrons. The van der Waals surface area contributed by atoms with Gasteiger partial charge in [-0.15, -0.1) is 0 Å². The summed E-state index contributed by atoms with van der Waals surface area (Å²) in [6, 6.07) is 9.54. The first-order valence-corrected chi connectivity index (χ1v) is 8.74. The van der Waals surface area contributed by atoms with Gasteiger partial charge in [-0.1, -0.05) is 18.2 Å². The van der Waals surface area contributed by atoms with E-state index in [0.29, 0.717) is 6.54 Å². The molecule has 2 aromatic rings. The molecule has 2 aliphatic rings. The first-order valence-electron chi connectivity index (χ1n) is 8.74. The quantitative estimate of drug-likeness (QED) is 0.823. The van der Waals surface area contributed by atoms with E-state index in [4.69, 9.17) is 0 Å². The smallest absolute Gasteiger partial charge is 0.266 e. The first kappa shape index (κ1) is 16.0. The van der Waals surface area contributed by atoms with Gasteiger partial charge in [-0.25, -0.2) is 4.68 Å². The van der Waals surface area contributed by atoms with Crippen molar-refractivity contribution in [3.8, 4) is 0 Å². The molecule has 0 spiro atoms. The fraction of sp³-hybridized carbons (Fsp3) is 0.421. The molecule has 1 atom stereocenters. The molecule has 0 N–H and O–H groups in total. The number of hydrogen-bond acceptors (Lipinski definition) is 4. The third-order valence-corrected chi connectivity index (χ3v) is 5.33. The molecule has 4 rings (SSSR count). The number of fused-ring (bicyclic) bond motifs is 2. The number of rotatable bonds is 2. The van der Waals surface area contributed by atoms with Crippen molar-refractivity contribution in [2.45, 2.75) is 32.4 Å². The molecule has 0 fully saturated rings. The van der Waals surface area contributed by atoms with Gasteiger partial charge in [-0.05, 0) is 30.5 Å². The van der Waals surface area contributed by atoms with Crippen LogP contribution in [0.2, 0.25) is 0 Å². The van der Waals surface area contributed by atoms with E-state index in [1.807, 2.05) is 30.0 Å². The van der Waals surface area contributed by atoms with Crippen LogP contribution in [-0.2, 0) is 31.2 Å². The molecule has 2 aliphatic heterocycles. The lowest BCUT2D eigenvalue weighted by Gasteiger charge is -2.34. The van der Waals surface area contributed by atoms with Gasteiger partial charge in [0.1, 0.15) is 0 Å². The second kappa shape index (κ2) is 6.11. The maximum Gasteiger partial charge on any atom is 0.266 e. The lowest BCUT2D eigenvalue weighted by atomic mass is 10.0. The van der Waals surface area contributed by atoms with Crippen LogP contribution < -0.4 is 10.5 Å². The molecular weight excluding hydrogens is 316 g/mol. The fourth-order valence-corrected chi connectivity index (χ4v) is 3.79. The summed E-state index contributed by atoms with van der Waals surface area (Å²) in [5, 5.41) is 4.34. The predicted molar refractivity (Wildman–Crippen MR) is 95.6 cm³/mol. The lowest BCUT2D eigenvalue weighted by Crippen LogP contribution is -2.49. The van der Waals surface area contributed by atoms with Crippen molar-refractivity contribution in [1.82, 2.24) is 14.7 Å². The van der Waals surface area contributed by atoms with Crippen LogP contribution >= 0.6 is 0 Å². The van der Waals surface area contributed by atoms with Gasteiger partial charge >= 0.3 is 0 Å². The minimum Gasteiger partial charge on any atom is -0.310 e. The van der Waals surface area contributed by atoms with Crippen molar-refractivity contribution in [1.29, 1.82) is 0 Å². The Morgan fingerprint density at radius 3 is 2.80 bits per heavy atom. The average molecular weight is 338 g/mol. The summed E-state index contributed by atoms with van der Waals surface area (Å²) in [6.07, 6.45) is 1.68. The zero-order valence-corrected chi connectivity index (χ0v) is 14.6. The predicted octanol–water partition coefficient (Wildman–Crippen LogP) is 1.12. The highest BCUT2D eigenvalue weighted by Crippen LogP contribution is 2.29. The highest BCUT2D eigenvalue weighted by molar-refractivity contribution is 5.98. The van der Waals surface area contributed by atoms with E-state index in [1.54, 1.807) is 13.1 Å². The Morgan fingerprint density at radius 2 is 1.96 bits per heavy atom. The van der Waals surface area contributed by atoms with Crippen LogP contribution in [0.15, 0.2) is 35.1 Å².